The molecule has 2 N–H and O–H groups in total. The third-order valence-electron chi connectivity index (χ3n) is 4.34. The number of nitrogens with one attached hydrogen (secondary N) is 2. The van der Waals surface area contributed by atoms with Gasteiger partial charge >= 0.3 is 0 Å². The smallest absolute Gasteiger partial charge is 0.251 e. The zero-order valence-corrected chi connectivity index (χ0v) is 16.5. The summed E-state index contributed by atoms with van der Waals surface area (Å²) in [7, 11) is 0. The van der Waals surface area contributed by atoms with Crippen molar-refractivity contribution in [1.29, 1.82) is 0 Å². The summed E-state index contributed by atoms with van der Waals surface area (Å²) < 4.78 is 11.5. The molecule has 148 valence electrons. The highest BCUT2D eigenvalue weighted by Gasteiger charge is 2.25. The van der Waals surface area contributed by atoms with Gasteiger partial charge in [-0.25, -0.2) is 0 Å². The van der Waals surface area contributed by atoms with Crippen LogP contribution in [0.2, 0.25) is 0 Å². The number of thioether (sulfide) groups is 1. The van der Waals surface area contributed by atoms with Crippen LogP contribution < -0.4 is 20.1 Å². The molecule has 0 saturated carbocycles. The highest BCUT2D eigenvalue weighted by Crippen LogP contribution is 2.30. The van der Waals surface area contributed by atoms with Gasteiger partial charge in [0, 0.05) is 5.56 Å². The molecule has 2 atom stereocenters. The minimum atomic E-state index is -0.600. The molecular weight excluding hydrogens is 376 g/mol. The van der Waals surface area contributed by atoms with Crippen LogP contribution in [0.3, 0.4) is 0 Å². The van der Waals surface area contributed by atoms with Crippen LogP contribution in [0.1, 0.15) is 16.8 Å². The van der Waals surface area contributed by atoms with Crippen LogP contribution in [0.25, 0.3) is 0 Å². The Balaban J connectivity index is 1.55. The van der Waals surface area contributed by atoms with Crippen molar-refractivity contribution in [3.63, 3.8) is 0 Å². The summed E-state index contributed by atoms with van der Waals surface area (Å²) in [5, 5.41) is 5.72. The van der Waals surface area contributed by atoms with E-state index in [4.69, 9.17) is 9.47 Å². The van der Waals surface area contributed by atoms with Gasteiger partial charge in [0.05, 0.1) is 6.54 Å². The summed E-state index contributed by atoms with van der Waals surface area (Å²) in [6, 6.07) is 15.7. The lowest BCUT2D eigenvalue weighted by Gasteiger charge is -2.27. The maximum absolute atomic E-state index is 12.7. The van der Waals surface area contributed by atoms with E-state index in [-0.39, 0.29) is 17.9 Å². The predicted octanol–water partition coefficient (Wildman–Crippen LogP) is 2.49. The molecule has 1 heterocycles. The van der Waals surface area contributed by atoms with Crippen molar-refractivity contribution < 1.29 is 19.1 Å². The standard InChI is InChI=1S/C21H24N2O4S/c1-28-12-11-17(23-20(24)15-7-3-2-4-8-15)21(25)22-13-16-14-26-18-9-5-6-10-19(18)27-16/h2-10,16-17H,11-14H2,1H3,(H,22,25)(H,23,24)/t16-,17+/m1/s1. The number of hydrogen-bond acceptors (Lipinski definition) is 5. The maximum atomic E-state index is 12.7. The minimum Gasteiger partial charge on any atom is -0.486 e. The Morgan fingerprint density at radius 3 is 2.57 bits per heavy atom. The summed E-state index contributed by atoms with van der Waals surface area (Å²) in [6.45, 7) is 0.674. The van der Waals surface area contributed by atoms with E-state index < -0.39 is 6.04 Å². The van der Waals surface area contributed by atoms with Gasteiger partial charge in [0.2, 0.25) is 5.91 Å². The van der Waals surface area contributed by atoms with E-state index in [0.717, 1.165) is 5.75 Å². The van der Waals surface area contributed by atoms with Crippen LogP contribution in [0.5, 0.6) is 11.5 Å². The number of fused-ring (bicyclic) bond motifs is 1. The second-order valence-corrected chi connectivity index (χ2v) is 7.40. The number of para-hydroxylation sites is 2. The molecule has 7 heteroatoms. The van der Waals surface area contributed by atoms with E-state index in [9.17, 15) is 9.59 Å². The Morgan fingerprint density at radius 2 is 1.82 bits per heavy atom. The average Bonchev–Trinajstić information content (AvgIpc) is 2.75. The van der Waals surface area contributed by atoms with Gasteiger partial charge in [-0.1, -0.05) is 30.3 Å². The number of ether oxygens (including phenoxy) is 2. The summed E-state index contributed by atoms with van der Waals surface area (Å²) in [5.41, 5.74) is 0.532. The fraction of sp³-hybridized carbons (Fsp3) is 0.333. The maximum Gasteiger partial charge on any atom is 0.251 e. The van der Waals surface area contributed by atoms with Crippen LogP contribution >= 0.6 is 11.8 Å². The van der Waals surface area contributed by atoms with Gasteiger partial charge in [0.15, 0.2) is 11.5 Å². The Labute approximate surface area is 169 Å². The van der Waals surface area contributed by atoms with Gasteiger partial charge in [-0.05, 0) is 42.7 Å². The van der Waals surface area contributed by atoms with Gasteiger partial charge < -0.3 is 20.1 Å². The van der Waals surface area contributed by atoms with Gasteiger partial charge in [0.25, 0.3) is 5.91 Å². The molecule has 2 amide bonds. The van der Waals surface area contributed by atoms with Crippen LogP contribution in [-0.2, 0) is 4.79 Å². The number of benzene rings is 2. The Bertz CT molecular complexity index is 800. The van der Waals surface area contributed by atoms with Crippen LogP contribution in [-0.4, -0.2) is 49.1 Å². The van der Waals surface area contributed by atoms with Crippen molar-refractivity contribution in [2.45, 2.75) is 18.6 Å². The first-order valence-electron chi connectivity index (χ1n) is 9.18. The monoisotopic (exact) mass is 400 g/mol. The zero-order valence-electron chi connectivity index (χ0n) is 15.7. The third-order valence-corrected chi connectivity index (χ3v) is 4.98. The molecule has 0 spiro atoms. The molecule has 0 aliphatic carbocycles. The molecular formula is C21H24N2O4S. The fourth-order valence-corrected chi connectivity index (χ4v) is 3.31. The molecule has 2 aromatic rings. The highest BCUT2D eigenvalue weighted by atomic mass is 32.2. The first kappa shape index (κ1) is 20.1. The number of rotatable bonds is 8. The SMILES string of the molecule is CSCC[C@H](NC(=O)c1ccccc1)C(=O)NC[C@@H]1COc2ccccc2O1. The summed E-state index contributed by atoms with van der Waals surface area (Å²) in [4.78, 5) is 25.1. The molecule has 6 nitrogen and oxygen atoms in total. The van der Waals surface area contributed by atoms with Gasteiger partial charge in [-0.15, -0.1) is 0 Å². The second-order valence-electron chi connectivity index (χ2n) is 6.42. The number of amides is 2. The topological polar surface area (TPSA) is 76.7 Å². The highest BCUT2D eigenvalue weighted by molar-refractivity contribution is 7.98. The van der Waals surface area contributed by atoms with E-state index in [1.807, 2.05) is 36.6 Å². The largest absolute Gasteiger partial charge is 0.486 e. The number of hydrogen-bond donors (Lipinski definition) is 2. The molecule has 0 saturated heterocycles. The zero-order chi connectivity index (χ0) is 19.8. The number of carbonyl (C=O) groups excluding carboxylic acids is 2. The molecule has 0 aromatic heterocycles. The van der Waals surface area contributed by atoms with Gasteiger partial charge in [0.1, 0.15) is 18.8 Å². The molecule has 0 fully saturated rings. The minimum absolute atomic E-state index is 0.221. The van der Waals surface area contributed by atoms with E-state index in [1.165, 1.54) is 0 Å². The fourth-order valence-electron chi connectivity index (χ4n) is 2.84. The number of carbonyl (C=O) groups is 2. The van der Waals surface area contributed by atoms with Crippen molar-refractivity contribution in [1.82, 2.24) is 10.6 Å². The van der Waals surface area contributed by atoms with Crippen LogP contribution in [0.4, 0.5) is 0 Å². The lowest BCUT2D eigenvalue weighted by atomic mass is 10.1. The van der Waals surface area contributed by atoms with Gasteiger partial charge in [-0.2, -0.15) is 11.8 Å². The van der Waals surface area contributed by atoms with Crippen LogP contribution in [0, 0.1) is 0 Å². The van der Waals surface area contributed by atoms with Crippen molar-refractivity contribution in [2.24, 2.45) is 0 Å². The summed E-state index contributed by atoms with van der Waals surface area (Å²) >= 11 is 1.63. The van der Waals surface area contributed by atoms with E-state index in [1.54, 1.807) is 36.0 Å². The first-order chi connectivity index (χ1) is 13.7. The van der Waals surface area contributed by atoms with E-state index >= 15 is 0 Å². The molecule has 28 heavy (non-hydrogen) atoms. The lowest BCUT2D eigenvalue weighted by molar-refractivity contribution is -0.123. The Kier molecular flexibility index (Phi) is 7.19. The Morgan fingerprint density at radius 1 is 1.11 bits per heavy atom. The van der Waals surface area contributed by atoms with E-state index in [2.05, 4.69) is 10.6 Å². The Hall–Kier alpha value is -2.67. The first-order valence-corrected chi connectivity index (χ1v) is 10.6. The predicted molar refractivity (Wildman–Crippen MR) is 110 cm³/mol. The summed E-state index contributed by atoms with van der Waals surface area (Å²) in [6.07, 6.45) is 2.25. The molecule has 0 radical (unpaired) electrons. The molecule has 0 unspecified atom stereocenters. The van der Waals surface area contributed by atoms with Crippen molar-refractivity contribution in [3.8, 4) is 11.5 Å². The van der Waals surface area contributed by atoms with Gasteiger partial charge in [-0.3, -0.25) is 9.59 Å². The molecule has 1 aliphatic rings. The molecule has 3 rings (SSSR count). The third kappa shape index (κ3) is 5.42. The van der Waals surface area contributed by atoms with Crippen LogP contribution in [0.15, 0.2) is 54.6 Å². The van der Waals surface area contributed by atoms with Crippen molar-refractivity contribution >= 4 is 23.6 Å². The molecule has 0 bridgehead atoms. The normalized spacial score (nSPS) is 16.1. The molecule has 1 aliphatic heterocycles. The lowest BCUT2D eigenvalue weighted by Crippen LogP contribution is -2.50. The summed E-state index contributed by atoms with van der Waals surface area (Å²) in [5.74, 6) is 1.67. The van der Waals surface area contributed by atoms with Crippen molar-refractivity contribution in [2.75, 3.05) is 25.2 Å². The quantitative estimate of drug-likeness (QED) is 0.712. The van der Waals surface area contributed by atoms with Crippen molar-refractivity contribution in [3.05, 3.63) is 60.2 Å². The molecule has 2 aromatic carbocycles. The second kappa shape index (κ2) is 10.0. The average molecular weight is 401 g/mol. The van der Waals surface area contributed by atoms with E-state index in [0.29, 0.717) is 36.6 Å².